The summed E-state index contributed by atoms with van der Waals surface area (Å²) in [5.41, 5.74) is 1.87. The Morgan fingerprint density at radius 1 is 1.15 bits per heavy atom. The fourth-order valence-corrected chi connectivity index (χ4v) is 3.32. The summed E-state index contributed by atoms with van der Waals surface area (Å²) < 4.78 is 5.79. The van der Waals surface area contributed by atoms with E-state index in [1.807, 2.05) is 29.2 Å². The normalized spacial score (nSPS) is 21.7. The first-order valence-corrected chi connectivity index (χ1v) is 7.30. The van der Waals surface area contributed by atoms with E-state index in [-0.39, 0.29) is 12.0 Å². The van der Waals surface area contributed by atoms with Crippen molar-refractivity contribution in [3.8, 4) is 0 Å². The van der Waals surface area contributed by atoms with Crippen LogP contribution in [-0.2, 0) is 4.74 Å². The molecule has 0 bridgehead atoms. The summed E-state index contributed by atoms with van der Waals surface area (Å²) in [6, 6.07) is 12.1. The Balaban J connectivity index is 1.73. The molecule has 2 heterocycles. The molecule has 1 amide bonds. The zero-order chi connectivity index (χ0) is 13.5. The Bertz CT molecular complexity index is 668. The highest BCUT2D eigenvalue weighted by Crippen LogP contribution is 2.37. The molecular weight excluding hydrogens is 250 g/mol. The number of hydrogen-bond donors (Lipinski definition) is 0. The smallest absolute Gasteiger partial charge is 0.259 e. The lowest BCUT2D eigenvalue weighted by molar-refractivity contribution is 0.0209. The monoisotopic (exact) mass is 267 g/mol. The molecule has 1 atom stereocenters. The SMILES string of the molecule is O=C1c2cccc3cccc(c23)N1CC1CCCCO1. The number of amides is 1. The fraction of sp³-hybridized carbons (Fsp3) is 0.353. The van der Waals surface area contributed by atoms with Crippen molar-refractivity contribution in [1.29, 1.82) is 0 Å². The molecule has 2 aromatic carbocycles. The maximum absolute atomic E-state index is 12.6. The fourth-order valence-electron chi connectivity index (χ4n) is 3.32. The molecule has 0 radical (unpaired) electrons. The molecule has 0 saturated carbocycles. The molecule has 0 aromatic heterocycles. The number of anilines is 1. The van der Waals surface area contributed by atoms with Crippen molar-refractivity contribution in [2.75, 3.05) is 18.1 Å². The number of carbonyl (C=O) groups excluding carboxylic acids is 1. The topological polar surface area (TPSA) is 29.5 Å². The molecule has 2 aromatic rings. The number of benzene rings is 2. The van der Waals surface area contributed by atoms with Gasteiger partial charge in [0.2, 0.25) is 0 Å². The predicted octanol–water partition coefficient (Wildman–Crippen LogP) is 3.37. The van der Waals surface area contributed by atoms with Crippen LogP contribution in [0.15, 0.2) is 36.4 Å². The second-order valence-electron chi connectivity index (χ2n) is 5.59. The van der Waals surface area contributed by atoms with Crippen LogP contribution < -0.4 is 4.90 Å². The lowest BCUT2D eigenvalue weighted by atomic mass is 10.1. The van der Waals surface area contributed by atoms with E-state index in [4.69, 9.17) is 4.74 Å². The molecule has 3 nitrogen and oxygen atoms in total. The van der Waals surface area contributed by atoms with E-state index in [9.17, 15) is 4.79 Å². The zero-order valence-corrected chi connectivity index (χ0v) is 11.3. The van der Waals surface area contributed by atoms with Crippen LogP contribution in [0.4, 0.5) is 5.69 Å². The Morgan fingerprint density at radius 2 is 2.00 bits per heavy atom. The molecule has 102 valence electrons. The Kier molecular flexibility index (Phi) is 2.74. The van der Waals surface area contributed by atoms with E-state index in [2.05, 4.69) is 12.1 Å². The van der Waals surface area contributed by atoms with Gasteiger partial charge < -0.3 is 9.64 Å². The first kappa shape index (κ1) is 11.9. The lowest BCUT2D eigenvalue weighted by Gasteiger charge is -2.27. The predicted molar refractivity (Wildman–Crippen MR) is 79.2 cm³/mol. The Hall–Kier alpha value is -1.87. The number of hydrogen-bond acceptors (Lipinski definition) is 2. The second kappa shape index (κ2) is 4.60. The van der Waals surface area contributed by atoms with Gasteiger partial charge in [0.15, 0.2) is 0 Å². The van der Waals surface area contributed by atoms with Gasteiger partial charge in [-0.3, -0.25) is 4.79 Å². The van der Waals surface area contributed by atoms with E-state index in [0.717, 1.165) is 41.5 Å². The summed E-state index contributed by atoms with van der Waals surface area (Å²) >= 11 is 0. The highest BCUT2D eigenvalue weighted by Gasteiger charge is 2.31. The van der Waals surface area contributed by atoms with Crippen molar-refractivity contribution in [2.24, 2.45) is 0 Å². The van der Waals surface area contributed by atoms with Crippen LogP contribution in [0.2, 0.25) is 0 Å². The van der Waals surface area contributed by atoms with Crippen molar-refractivity contribution in [3.63, 3.8) is 0 Å². The van der Waals surface area contributed by atoms with Crippen molar-refractivity contribution >= 4 is 22.4 Å². The van der Waals surface area contributed by atoms with Gasteiger partial charge in [0.25, 0.3) is 5.91 Å². The average molecular weight is 267 g/mol. The quantitative estimate of drug-likeness (QED) is 0.835. The highest BCUT2D eigenvalue weighted by molar-refractivity contribution is 6.25. The molecule has 4 rings (SSSR count). The molecule has 0 spiro atoms. The van der Waals surface area contributed by atoms with Gasteiger partial charge in [-0.25, -0.2) is 0 Å². The summed E-state index contributed by atoms with van der Waals surface area (Å²) in [4.78, 5) is 14.5. The first-order valence-electron chi connectivity index (χ1n) is 7.30. The number of rotatable bonds is 2. The first-order chi connectivity index (χ1) is 9.84. The molecule has 0 N–H and O–H groups in total. The average Bonchev–Trinajstić information content (AvgIpc) is 2.77. The number of ether oxygens (including phenoxy) is 1. The van der Waals surface area contributed by atoms with Crippen LogP contribution in [0.5, 0.6) is 0 Å². The largest absolute Gasteiger partial charge is 0.376 e. The molecule has 1 saturated heterocycles. The van der Waals surface area contributed by atoms with E-state index in [1.165, 1.54) is 6.42 Å². The maximum atomic E-state index is 12.6. The Morgan fingerprint density at radius 3 is 2.80 bits per heavy atom. The van der Waals surface area contributed by atoms with Gasteiger partial charge in [-0.15, -0.1) is 0 Å². The minimum absolute atomic E-state index is 0.117. The van der Waals surface area contributed by atoms with Gasteiger partial charge in [0.05, 0.1) is 18.3 Å². The van der Waals surface area contributed by atoms with Crippen LogP contribution in [0.3, 0.4) is 0 Å². The zero-order valence-electron chi connectivity index (χ0n) is 11.3. The van der Waals surface area contributed by atoms with Gasteiger partial charge >= 0.3 is 0 Å². The van der Waals surface area contributed by atoms with Crippen LogP contribution >= 0.6 is 0 Å². The third-order valence-corrected chi connectivity index (χ3v) is 4.31. The second-order valence-corrected chi connectivity index (χ2v) is 5.59. The molecule has 3 heteroatoms. The van der Waals surface area contributed by atoms with Gasteiger partial charge in [-0.05, 0) is 36.8 Å². The van der Waals surface area contributed by atoms with Gasteiger partial charge in [0.1, 0.15) is 0 Å². The number of nitrogens with zero attached hydrogens (tertiary/aromatic N) is 1. The third kappa shape index (κ3) is 1.74. The van der Waals surface area contributed by atoms with Crippen LogP contribution in [0, 0.1) is 0 Å². The molecule has 20 heavy (non-hydrogen) atoms. The van der Waals surface area contributed by atoms with Crippen molar-refractivity contribution in [2.45, 2.75) is 25.4 Å². The van der Waals surface area contributed by atoms with Crippen molar-refractivity contribution in [1.82, 2.24) is 0 Å². The van der Waals surface area contributed by atoms with Crippen molar-refractivity contribution < 1.29 is 9.53 Å². The molecule has 1 unspecified atom stereocenters. The summed E-state index contributed by atoms with van der Waals surface area (Å²) in [5, 5.41) is 2.23. The van der Waals surface area contributed by atoms with E-state index >= 15 is 0 Å². The maximum Gasteiger partial charge on any atom is 0.259 e. The lowest BCUT2D eigenvalue weighted by Crippen LogP contribution is -2.37. The van der Waals surface area contributed by atoms with Crippen LogP contribution in [0.25, 0.3) is 10.8 Å². The highest BCUT2D eigenvalue weighted by atomic mass is 16.5. The standard InChI is InChI=1S/C17H17NO2/c19-17-14-8-3-5-12-6-4-9-15(16(12)14)18(17)11-13-7-1-2-10-20-13/h3-6,8-9,13H,1-2,7,10-11H2. The van der Waals surface area contributed by atoms with Crippen molar-refractivity contribution in [3.05, 3.63) is 42.0 Å². The van der Waals surface area contributed by atoms with E-state index in [0.29, 0.717) is 6.54 Å². The van der Waals surface area contributed by atoms with Crippen LogP contribution in [-0.4, -0.2) is 25.2 Å². The Labute approximate surface area is 118 Å². The minimum Gasteiger partial charge on any atom is -0.376 e. The van der Waals surface area contributed by atoms with E-state index in [1.54, 1.807) is 0 Å². The summed E-state index contributed by atoms with van der Waals surface area (Å²) in [6.45, 7) is 1.50. The third-order valence-electron chi connectivity index (χ3n) is 4.31. The number of carbonyl (C=O) groups is 1. The molecular formula is C17H17NO2. The summed E-state index contributed by atoms with van der Waals surface area (Å²) in [6.07, 6.45) is 3.57. The molecule has 2 aliphatic heterocycles. The van der Waals surface area contributed by atoms with Crippen LogP contribution in [0.1, 0.15) is 29.6 Å². The minimum atomic E-state index is 0.117. The summed E-state index contributed by atoms with van der Waals surface area (Å²) in [7, 11) is 0. The molecule has 1 fully saturated rings. The van der Waals surface area contributed by atoms with E-state index < -0.39 is 0 Å². The summed E-state index contributed by atoms with van der Waals surface area (Å²) in [5.74, 6) is 0.117. The molecule has 2 aliphatic rings. The van der Waals surface area contributed by atoms with Gasteiger partial charge in [-0.1, -0.05) is 24.3 Å². The molecule has 0 aliphatic carbocycles. The van der Waals surface area contributed by atoms with Gasteiger partial charge in [-0.2, -0.15) is 0 Å². The van der Waals surface area contributed by atoms with Gasteiger partial charge in [0, 0.05) is 17.6 Å².